The molecule has 1 aliphatic rings. The molecule has 2 N–H and O–H groups in total. The lowest BCUT2D eigenvalue weighted by molar-refractivity contribution is 0.0423. The van der Waals surface area contributed by atoms with Crippen LogP contribution in [-0.2, 0) is 0 Å². The molecule has 1 fully saturated rings. The Labute approximate surface area is 113 Å². The van der Waals surface area contributed by atoms with Gasteiger partial charge in [0.2, 0.25) is 0 Å². The molecule has 0 aromatic carbocycles. The van der Waals surface area contributed by atoms with E-state index in [0.717, 1.165) is 45.4 Å². The minimum atomic E-state index is -0.446. The fourth-order valence-corrected chi connectivity index (χ4v) is 3.11. The first-order valence-electron chi connectivity index (χ1n) is 7.56. The van der Waals surface area contributed by atoms with Crippen LogP contribution < -0.4 is 5.32 Å². The van der Waals surface area contributed by atoms with E-state index in [0.29, 0.717) is 5.41 Å². The molecule has 0 amide bonds. The number of hydrogen-bond donors (Lipinski definition) is 2. The molecule has 0 spiro atoms. The van der Waals surface area contributed by atoms with Crippen LogP contribution in [-0.4, -0.2) is 48.8 Å². The highest BCUT2D eigenvalue weighted by Gasteiger charge is 2.31. The standard InChI is InChI=1S/C15H32N2O/c1-5-15(6-2,12-16-4)13-17-10-7-8-14(3,18)9-11-17/h16,18H,5-13H2,1-4H3. The average molecular weight is 256 g/mol. The molecule has 1 saturated heterocycles. The van der Waals surface area contributed by atoms with Crippen molar-refractivity contribution in [3.05, 3.63) is 0 Å². The maximum atomic E-state index is 10.1. The van der Waals surface area contributed by atoms with Crippen LogP contribution in [0.5, 0.6) is 0 Å². The first kappa shape index (κ1) is 15.9. The van der Waals surface area contributed by atoms with E-state index in [1.807, 2.05) is 14.0 Å². The molecule has 108 valence electrons. The number of hydrogen-bond acceptors (Lipinski definition) is 3. The highest BCUT2D eigenvalue weighted by Crippen LogP contribution is 2.29. The fourth-order valence-electron chi connectivity index (χ4n) is 3.11. The van der Waals surface area contributed by atoms with Gasteiger partial charge in [-0.15, -0.1) is 0 Å². The summed E-state index contributed by atoms with van der Waals surface area (Å²) in [7, 11) is 2.05. The zero-order valence-electron chi connectivity index (χ0n) is 12.8. The van der Waals surface area contributed by atoms with Gasteiger partial charge in [0, 0.05) is 19.6 Å². The zero-order valence-corrected chi connectivity index (χ0v) is 12.8. The lowest BCUT2D eigenvalue weighted by atomic mass is 9.81. The normalized spacial score (nSPS) is 27.2. The SMILES string of the molecule is CCC(CC)(CNC)CN1CCCC(C)(O)CC1. The van der Waals surface area contributed by atoms with Crippen molar-refractivity contribution in [1.29, 1.82) is 0 Å². The van der Waals surface area contributed by atoms with E-state index < -0.39 is 5.60 Å². The van der Waals surface area contributed by atoms with Crippen LogP contribution in [0, 0.1) is 5.41 Å². The second-order valence-corrected chi connectivity index (χ2v) is 6.36. The molecule has 18 heavy (non-hydrogen) atoms. The van der Waals surface area contributed by atoms with Gasteiger partial charge in [0.25, 0.3) is 0 Å². The molecule has 0 bridgehead atoms. The van der Waals surface area contributed by atoms with E-state index in [9.17, 15) is 5.11 Å². The van der Waals surface area contributed by atoms with E-state index in [4.69, 9.17) is 0 Å². The Hall–Kier alpha value is -0.120. The average Bonchev–Trinajstić information content (AvgIpc) is 2.50. The second-order valence-electron chi connectivity index (χ2n) is 6.36. The molecule has 0 aromatic rings. The first-order valence-corrected chi connectivity index (χ1v) is 7.56. The van der Waals surface area contributed by atoms with Gasteiger partial charge < -0.3 is 15.3 Å². The van der Waals surface area contributed by atoms with E-state index in [1.54, 1.807) is 0 Å². The van der Waals surface area contributed by atoms with E-state index in [1.165, 1.54) is 12.8 Å². The van der Waals surface area contributed by atoms with Gasteiger partial charge in [-0.1, -0.05) is 13.8 Å². The second kappa shape index (κ2) is 6.88. The molecule has 1 atom stereocenters. The van der Waals surface area contributed by atoms with Gasteiger partial charge in [-0.2, -0.15) is 0 Å². The highest BCUT2D eigenvalue weighted by molar-refractivity contribution is 4.86. The van der Waals surface area contributed by atoms with Crippen LogP contribution >= 0.6 is 0 Å². The van der Waals surface area contributed by atoms with Crippen molar-refractivity contribution in [2.24, 2.45) is 5.41 Å². The van der Waals surface area contributed by atoms with E-state index in [2.05, 4.69) is 24.1 Å². The van der Waals surface area contributed by atoms with Crippen LogP contribution in [0.1, 0.15) is 52.9 Å². The van der Waals surface area contributed by atoms with Crippen LogP contribution in [0.15, 0.2) is 0 Å². The Balaban J connectivity index is 2.58. The van der Waals surface area contributed by atoms with Gasteiger partial charge in [-0.05, 0) is 58.0 Å². The van der Waals surface area contributed by atoms with Crippen molar-refractivity contribution in [3.8, 4) is 0 Å². The molecule has 0 aliphatic carbocycles. The maximum absolute atomic E-state index is 10.1. The third-order valence-corrected chi connectivity index (χ3v) is 4.77. The quantitative estimate of drug-likeness (QED) is 0.765. The smallest absolute Gasteiger partial charge is 0.0632 e. The molecule has 1 unspecified atom stereocenters. The number of nitrogens with zero attached hydrogens (tertiary/aromatic N) is 1. The Morgan fingerprint density at radius 1 is 1.22 bits per heavy atom. The van der Waals surface area contributed by atoms with Crippen molar-refractivity contribution in [2.45, 2.75) is 58.5 Å². The van der Waals surface area contributed by atoms with Gasteiger partial charge >= 0.3 is 0 Å². The van der Waals surface area contributed by atoms with Gasteiger partial charge in [0.15, 0.2) is 0 Å². The Morgan fingerprint density at radius 3 is 2.44 bits per heavy atom. The molecule has 0 saturated carbocycles. The lowest BCUT2D eigenvalue weighted by Crippen LogP contribution is -2.43. The summed E-state index contributed by atoms with van der Waals surface area (Å²) in [6, 6.07) is 0. The summed E-state index contributed by atoms with van der Waals surface area (Å²) in [5.74, 6) is 0. The number of rotatable bonds is 6. The van der Waals surface area contributed by atoms with Gasteiger partial charge in [-0.25, -0.2) is 0 Å². The Morgan fingerprint density at radius 2 is 1.89 bits per heavy atom. The summed E-state index contributed by atoms with van der Waals surface area (Å²) in [5, 5.41) is 13.5. The first-order chi connectivity index (χ1) is 8.47. The molecule has 1 aliphatic heterocycles. The van der Waals surface area contributed by atoms with Crippen molar-refractivity contribution in [1.82, 2.24) is 10.2 Å². The van der Waals surface area contributed by atoms with Crippen LogP contribution in [0.25, 0.3) is 0 Å². The summed E-state index contributed by atoms with van der Waals surface area (Å²) in [5.41, 5.74) is -0.0518. The van der Waals surface area contributed by atoms with Crippen LogP contribution in [0.2, 0.25) is 0 Å². The summed E-state index contributed by atoms with van der Waals surface area (Å²) < 4.78 is 0. The summed E-state index contributed by atoms with van der Waals surface area (Å²) in [4.78, 5) is 2.56. The number of nitrogens with one attached hydrogen (secondary N) is 1. The van der Waals surface area contributed by atoms with Crippen LogP contribution in [0.4, 0.5) is 0 Å². The van der Waals surface area contributed by atoms with Crippen molar-refractivity contribution >= 4 is 0 Å². The topological polar surface area (TPSA) is 35.5 Å². The minimum Gasteiger partial charge on any atom is -0.390 e. The Kier molecular flexibility index (Phi) is 6.09. The highest BCUT2D eigenvalue weighted by atomic mass is 16.3. The summed E-state index contributed by atoms with van der Waals surface area (Å²) >= 11 is 0. The molecule has 3 heteroatoms. The van der Waals surface area contributed by atoms with E-state index in [-0.39, 0.29) is 0 Å². The molecule has 0 aromatic heterocycles. The van der Waals surface area contributed by atoms with Gasteiger partial charge in [-0.3, -0.25) is 0 Å². The number of likely N-dealkylation sites (tertiary alicyclic amines) is 1. The zero-order chi connectivity index (χ0) is 13.6. The van der Waals surface area contributed by atoms with Crippen molar-refractivity contribution in [3.63, 3.8) is 0 Å². The fraction of sp³-hybridized carbons (Fsp3) is 1.00. The molecular weight excluding hydrogens is 224 g/mol. The van der Waals surface area contributed by atoms with Crippen molar-refractivity contribution < 1.29 is 5.11 Å². The largest absolute Gasteiger partial charge is 0.390 e. The van der Waals surface area contributed by atoms with Crippen LogP contribution in [0.3, 0.4) is 0 Å². The third kappa shape index (κ3) is 4.52. The molecule has 3 nitrogen and oxygen atoms in total. The lowest BCUT2D eigenvalue weighted by Gasteiger charge is -2.37. The number of aliphatic hydroxyl groups is 1. The maximum Gasteiger partial charge on any atom is 0.0632 e. The van der Waals surface area contributed by atoms with E-state index >= 15 is 0 Å². The minimum absolute atomic E-state index is 0.394. The summed E-state index contributed by atoms with van der Waals surface area (Å²) in [6.45, 7) is 11.0. The molecular formula is C15H32N2O. The molecule has 1 rings (SSSR count). The Bertz CT molecular complexity index is 237. The third-order valence-electron chi connectivity index (χ3n) is 4.77. The predicted molar refractivity (Wildman–Crippen MR) is 77.9 cm³/mol. The summed E-state index contributed by atoms with van der Waals surface area (Å²) in [6.07, 6.45) is 5.42. The predicted octanol–water partition coefficient (Wildman–Crippen LogP) is 2.25. The molecule has 0 radical (unpaired) electrons. The van der Waals surface area contributed by atoms with Gasteiger partial charge in [0.1, 0.15) is 0 Å². The van der Waals surface area contributed by atoms with Crippen molar-refractivity contribution in [2.75, 3.05) is 33.2 Å². The monoisotopic (exact) mass is 256 g/mol. The van der Waals surface area contributed by atoms with Gasteiger partial charge in [0.05, 0.1) is 5.60 Å². The molecule has 1 heterocycles.